The van der Waals surface area contributed by atoms with E-state index >= 15 is 0 Å². The molecule has 2 atom stereocenters. The van der Waals surface area contributed by atoms with Crippen molar-refractivity contribution in [2.45, 2.75) is 50.6 Å². The molecule has 20 heavy (non-hydrogen) atoms. The molecule has 0 aromatic heterocycles. The Hall–Kier alpha value is -1.63. The number of methoxy groups -OCH3 is 1. The lowest BCUT2D eigenvalue weighted by Crippen LogP contribution is -2.52. The summed E-state index contributed by atoms with van der Waals surface area (Å²) in [5, 5.41) is 11.2. The zero-order valence-corrected chi connectivity index (χ0v) is 11.6. The topological polar surface area (TPSA) is 119 Å². The number of amides is 1. The zero-order valence-electron chi connectivity index (χ0n) is 11.6. The third-order valence-electron chi connectivity index (χ3n) is 3.61. The van der Waals surface area contributed by atoms with Crippen molar-refractivity contribution < 1.29 is 24.2 Å². The van der Waals surface area contributed by atoms with Crippen molar-refractivity contribution in [2.75, 3.05) is 7.11 Å². The molecular weight excluding hydrogens is 264 g/mol. The minimum atomic E-state index is -1.16. The lowest BCUT2D eigenvalue weighted by Gasteiger charge is -2.29. The van der Waals surface area contributed by atoms with Gasteiger partial charge in [-0.2, -0.15) is 0 Å². The van der Waals surface area contributed by atoms with Gasteiger partial charge in [0.05, 0.1) is 19.6 Å². The molecule has 0 heterocycles. The van der Waals surface area contributed by atoms with E-state index in [0.29, 0.717) is 0 Å². The second-order valence-corrected chi connectivity index (χ2v) is 5.11. The SMILES string of the molecule is COC(=O)[C@@H](NC(=O)[C@@H](N)CC(=O)O)C1CCCCC1. The third-order valence-corrected chi connectivity index (χ3v) is 3.61. The van der Waals surface area contributed by atoms with Crippen LogP contribution in [0.1, 0.15) is 38.5 Å². The van der Waals surface area contributed by atoms with Crippen molar-refractivity contribution in [2.24, 2.45) is 11.7 Å². The molecule has 1 saturated carbocycles. The summed E-state index contributed by atoms with van der Waals surface area (Å²) in [7, 11) is 1.27. The second-order valence-electron chi connectivity index (χ2n) is 5.11. The van der Waals surface area contributed by atoms with Gasteiger partial charge in [0.15, 0.2) is 0 Å². The van der Waals surface area contributed by atoms with Gasteiger partial charge in [0.1, 0.15) is 6.04 Å². The van der Waals surface area contributed by atoms with Crippen LogP contribution in [0.2, 0.25) is 0 Å². The van der Waals surface area contributed by atoms with Gasteiger partial charge in [0.25, 0.3) is 0 Å². The highest BCUT2D eigenvalue weighted by molar-refractivity contribution is 5.89. The van der Waals surface area contributed by atoms with Crippen LogP contribution in [0, 0.1) is 5.92 Å². The number of nitrogens with one attached hydrogen (secondary N) is 1. The van der Waals surface area contributed by atoms with Gasteiger partial charge in [-0.1, -0.05) is 19.3 Å². The van der Waals surface area contributed by atoms with Crippen molar-refractivity contribution in [1.29, 1.82) is 0 Å². The normalized spacial score (nSPS) is 18.9. The van der Waals surface area contributed by atoms with E-state index in [1.54, 1.807) is 0 Å². The van der Waals surface area contributed by atoms with Crippen LogP contribution in [-0.4, -0.2) is 42.1 Å². The monoisotopic (exact) mass is 286 g/mol. The molecule has 1 aliphatic carbocycles. The molecule has 1 rings (SSSR count). The Kier molecular flexibility index (Phi) is 6.44. The second kappa shape index (κ2) is 7.84. The number of ether oxygens (including phenoxy) is 1. The number of esters is 1. The average Bonchev–Trinajstić information content (AvgIpc) is 2.43. The summed E-state index contributed by atoms with van der Waals surface area (Å²) in [6.07, 6.45) is 4.36. The van der Waals surface area contributed by atoms with Crippen LogP contribution in [0.25, 0.3) is 0 Å². The maximum Gasteiger partial charge on any atom is 0.328 e. The Bertz CT molecular complexity index is 366. The molecule has 0 radical (unpaired) electrons. The highest BCUT2D eigenvalue weighted by atomic mass is 16.5. The fraction of sp³-hybridized carbons (Fsp3) is 0.769. The highest BCUT2D eigenvalue weighted by Crippen LogP contribution is 2.27. The summed E-state index contributed by atoms with van der Waals surface area (Å²) >= 11 is 0. The van der Waals surface area contributed by atoms with Crippen molar-refractivity contribution in [3.8, 4) is 0 Å². The van der Waals surface area contributed by atoms with Crippen LogP contribution in [-0.2, 0) is 19.1 Å². The summed E-state index contributed by atoms with van der Waals surface area (Å²) in [5.74, 6) is -2.27. The first-order valence-corrected chi connectivity index (χ1v) is 6.81. The molecule has 0 unspecified atom stereocenters. The number of aliphatic carboxylic acids is 1. The van der Waals surface area contributed by atoms with E-state index in [-0.39, 0.29) is 5.92 Å². The number of nitrogens with two attached hydrogens (primary N) is 1. The molecule has 4 N–H and O–H groups in total. The van der Waals surface area contributed by atoms with Gasteiger partial charge in [-0.3, -0.25) is 9.59 Å². The minimum Gasteiger partial charge on any atom is -0.481 e. The average molecular weight is 286 g/mol. The molecule has 7 nitrogen and oxygen atoms in total. The molecule has 1 fully saturated rings. The van der Waals surface area contributed by atoms with Gasteiger partial charge in [0, 0.05) is 0 Å². The van der Waals surface area contributed by atoms with Crippen LogP contribution in [0.15, 0.2) is 0 Å². The quantitative estimate of drug-likeness (QED) is 0.593. The molecule has 0 aliphatic heterocycles. The van der Waals surface area contributed by atoms with E-state index < -0.39 is 36.4 Å². The van der Waals surface area contributed by atoms with Crippen LogP contribution in [0.5, 0.6) is 0 Å². The Labute approximate surface area is 117 Å². The number of carbonyl (C=O) groups excluding carboxylic acids is 2. The smallest absolute Gasteiger partial charge is 0.328 e. The van der Waals surface area contributed by atoms with Crippen LogP contribution in [0.3, 0.4) is 0 Å². The predicted octanol–water partition coefficient (Wildman–Crippen LogP) is 0.0265. The molecular formula is C13H22N2O5. The van der Waals surface area contributed by atoms with Gasteiger partial charge in [-0.05, 0) is 18.8 Å². The van der Waals surface area contributed by atoms with E-state index in [2.05, 4.69) is 5.32 Å². The number of carboxylic acids is 1. The molecule has 0 spiro atoms. The van der Waals surface area contributed by atoms with E-state index in [4.69, 9.17) is 15.6 Å². The highest BCUT2D eigenvalue weighted by Gasteiger charge is 2.33. The van der Waals surface area contributed by atoms with Gasteiger partial charge < -0.3 is 20.9 Å². The van der Waals surface area contributed by atoms with Gasteiger partial charge in [-0.15, -0.1) is 0 Å². The fourth-order valence-electron chi connectivity index (χ4n) is 2.50. The molecule has 1 amide bonds. The molecule has 0 aromatic rings. The van der Waals surface area contributed by atoms with Crippen molar-refractivity contribution in [1.82, 2.24) is 5.32 Å². The van der Waals surface area contributed by atoms with E-state index in [9.17, 15) is 14.4 Å². The summed E-state index contributed by atoms with van der Waals surface area (Å²) in [5.41, 5.74) is 5.49. The maximum atomic E-state index is 11.8. The summed E-state index contributed by atoms with van der Waals surface area (Å²) < 4.78 is 4.72. The number of rotatable bonds is 6. The summed E-state index contributed by atoms with van der Waals surface area (Å²) in [6, 6.07) is -1.91. The number of hydrogen-bond donors (Lipinski definition) is 3. The molecule has 114 valence electrons. The van der Waals surface area contributed by atoms with Crippen molar-refractivity contribution >= 4 is 17.8 Å². The van der Waals surface area contributed by atoms with E-state index in [1.165, 1.54) is 7.11 Å². The van der Waals surface area contributed by atoms with Crippen LogP contribution >= 0.6 is 0 Å². The van der Waals surface area contributed by atoms with Gasteiger partial charge in [-0.25, -0.2) is 4.79 Å². The number of hydrogen-bond acceptors (Lipinski definition) is 5. The molecule has 0 aromatic carbocycles. The Balaban J connectivity index is 2.66. The summed E-state index contributed by atoms with van der Waals surface area (Å²) in [4.78, 5) is 34.2. The number of carbonyl (C=O) groups is 3. The Morgan fingerprint density at radius 1 is 1.30 bits per heavy atom. The first kappa shape index (κ1) is 16.4. The van der Waals surface area contributed by atoms with E-state index in [0.717, 1.165) is 32.1 Å². The summed E-state index contributed by atoms with van der Waals surface area (Å²) in [6.45, 7) is 0. The fourth-order valence-corrected chi connectivity index (χ4v) is 2.50. The maximum absolute atomic E-state index is 11.8. The van der Waals surface area contributed by atoms with Crippen molar-refractivity contribution in [3.63, 3.8) is 0 Å². The Morgan fingerprint density at radius 3 is 2.40 bits per heavy atom. The largest absolute Gasteiger partial charge is 0.481 e. The molecule has 0 bridgehead atoms. The lowest BCUT2D eigenvalue weighted by molar-refractivity contribution is -0.147. The first-order chi connectivity index (χ1) is 9.45. The van der Waals surface area contributed by atoms with E-state index in [1.807, 2.05) is 0 Å². The molecule has 1 aliphatic rings. The molecule has 7 heteroatoms. The number of carboxylic acid groups (broad SMARTS) is 1. The van der Waals surface area contributed by atoms with Crippen molar-refractivity contribution in [3.05, 3.63) is 0 Å². The van der Waals surface area contributed by atoms with Gasteiger partial charge >= 0.3 is 11.9 Å². The van der Waals surface area contributed by atoms with Gasteiger partial charge in [0.2, 0.25) is 5.91 Å². The van der Waals surface area contributed by atoms with Crippen LogP contribution < -0.4 is 11.1 Å². The van der Waals surface area contributed by atoms with Crippen LogP contribution in [0.4, 0.5) is 0 Å². The Morgan fingerprint density at radius 2 is 1.90 bits per heavy atom. The third kappa shape index (κ3) is 4.80. The first-order valence-electron chi connectivity index (χ1n) is 6.81. The minimum absolute atomic E-state index is 0.0252. The predicted molar refractivity (Wildman–Crippen MR) is 70.7 cm³/mol. The lowest BCUT2D eigenvalue weighted by atomic mass is 9.83. The standard InChI is InChI=1S/C13H22N2O5/c1-20-13(19)11(8-5-3-2-4-6-8)15-12(18)9(14)7-10(16)17/h8-9,11H,2-7,14H2,1H3,(H,15,18)(H,16,17)/t9-,11-/m0/s1. The molecule has 0 saturated heterocycles. The zero-order chi connectivity index (χ0) is 15.1.